The second kappa shape index (κ2) is 6.76. The molecule has 4 rings (SSSR count). The van der Waals surface area contributed by atoms with Gasteiger partial charge in [0.1, 0.15) is 5.75 Å². The number of rotatable bonds is 4. The number of hydrogen-bond acceptors (Lipinski definition) is 4. The minimum atomic E-state index is 0.387. The number of aromatic nitrogens is 2. The molecule has 25 heavy (non-hydrogen) atoms. The van der Waals surface area contributed by atoms with Gasteiger partial charge in [0.05, 0.1) is 11.7 Å². The molecule has 2 heterocycles. The summed E-state index contributed by atoms with van der Waals surface area (Å²) in [5, 5.41) is 21.8. The van der Waals surface area contributed by atoms with Crippen LogP contribution in [0.2, 0.25) is 0 Å². The maximum absolute atomic E-state index is 9.91. The number of phenolic OH excluding ortho intramolecular Hbond substituents is 1. The fourth-order valence-electron chi connectivity index (χ4n) is 3.60. The first kappa shape index (κ1) is 16.0. The van der Waals surface area contributed by atoms with Gasteiger partial charge in [-0.2, -0.15) is 5.10 Å². The SMILES string of the molecule is Cc1ccc(CN2CCC[C@H](Nc3ccc4[nH]ncc4c3)C2)cc1O. The zero-order valence-corrected chi connectivity index (χ0v) is 14.5. The number of fused-ring (bicyclic) bond motifs is 1. The first-order chi connectivity index (χ1) is 12.2. The van der Waals surface area contributed by atoms with Crippen molar-refractivity contribution in [2.75, 3.05) is 18.4 Å². The van der Waals surface area contributed by atoms with Gasteiger partial charge in [0, 0.05) is 30.2 Å². The minimum Gasteiger partial charge on any atom is -0.508 e. The number of piperidine rings is 1. The number of anilines is 1. The van der Waals surface area contributed by atoms with Gasteiger partial charge in [-0.15, -0.1) is 0 Å². The number of H-pyrrole nitrogens is 1. The molecule has 3 aromatic rings. The first-order valence-corrected chi connectivity index (χ1v) is 8.88. The van der Waals surface area contributed by atoms with Crippen LogP contribution in [0.5, 0.6) is 5.75 Å². The predicted octanol–water partition coefficient (Wildman–Crippen LogP) is 3.65. The fraction of sp³-hybridized carbons (Fsp3) is 0.350. The van der Waals surface area contributed by atoms with Crippen LogP contribution in [-0.2, 0) is 6.54 Å². The van der Waals surface area contributed by atoms with Crippen LogP contribution in [0.4, 0.5) is 5.69 Å². The Morgan fingerprint density at radius 2 is 2.20 bits per heavy atom. The standard InChI is InChI=1S/C20H24N4O/c1-14-4-5-15(9-20(14)25)12-24-8-2-3-18(13-24)22-17-6-7-19-16(10-17)11-21-23-19/h4-7,9-11,18,22,25H,2-3,8,12-13H2,1H3,(H,21,23)/t18-/m0/s1. The fourth-order valence-corrected chi connectivity index (χ4v) is 3.60. The van der Waals surface area contributed by atoms with Crippen molar-refractivity contribution >= 4 is 16.6 Å². The van der Waals surface area contributed by atoms with Crippen LogP contribution < -0.4 is 5.32 Å². The number of nitrogens with zero attached hydrogens (tertiary/aromatic N) is 2. The van der Waals surface area contributed by atoms with Gasteiger partial charge < -0.3 is 10.4 Å². The summed E-state index contributed by atoms with van der Waals surface area (Å²) in [4.78, 5) is 2.46. The minimum absolute atomic E-state index is 0.387. The molecule has 1 aliphatic rings. The summed E-state index contributed by atoms with van der Waals surface area (Å²) in [6.07, 6.45) is 4.22. The van der Waals surface area contributed by atoms with Gasteiger partial charge in [0.2, 0.25) is 0 Å². The number of aromatic hydroxyl groups is 1. The molecule has 0 aliphatic carbocycles. The first-order valence-electron chi connectivity index (χ1n) is 8.88. The third-order valence-corrected chi connectivity index (χ3v) is 5.00. The van der Waals surface area contributed by atoms with Gasteiger partial charge in [-0.1, -0.05) is 12.1 Å². The van der Waals surface area contributed by atoms with E-state index in [-0.39, 0.29) is 0 Å². The number of aromatic amines is 1. The Bertz CT molecular complexity index is 873. The Labute approximate surface area is 147 Å². The quantitative estimate of drug-likeness (QED) is 0.680. The van der Waals surface area contributed by atoms with E-state index in [1.54, 1.807) is 0 Å². The Morgan fingerprint density at radius 3 is 3.08 bits per heavy atom. The lowest BCUT2D eigenvalue weighted by Crippen LogP contribution is -2.41. The van der Waals surface area contributed by atoms with E-state index in [0.717, 1.165) is 41.8 Å². The number of benzene rings is 2. The summed E-state index contributed by atoms with van der Waals surface area (Å²) in [6, 6.07) is 12.8. The number of likely N-dealkylation sites (tertiary alicyclic amines) is 1. The second-order valence-corrected chi connectivity index (χ2v) is 7.01. The van der Waals surface area contributed by atoms with Gasteiger partial charge in [-0.3, -0.25) is 10.00 Å². The predicted molar refractivity (Wildman–Crippen MR) is 101 cm³/mol. The van der Waals surface area contributed by atoms with Gasteiger partial charge in [-0.25, -0.2) is 0 Å². The normalized spacial score (nSPS) is 18.5. The lowest BCUT2D eigenvalue weighted by molar-refractivity contribution is 0.208. The second-order valence-electron chi connectivity index (χ2n) is 7.01. The van der Waals surface area contributed by atoms with E-state index in [4.69, 9.17) is 0 Å². The number of phenols is 1. The van der Waals surface area contributed by atoms with Gasteiger partial charge >= 0.3 is 0 Å². The van der Waals surface area contributed by atoms with E-state index in [0.29, 0.717) is 11.8 Å². The maximum Gasteiger partial charge on any atom is 0.118 e. The molecule has 1 fully saturated rings. The van der Waals surface area contributed by atoms with Crippen molar-refractivity contribution in [3.05, 3.63) is 53.7 Å². The Hall–Kier alpha value is -2.53. The molecule has 1 atom stereocenters. The van der Waals surface area contributed by atoms with Crippen LogP contribution in [-0.4, -0.2) is 39.3 Å². The van der Waals surface area contributed by atoms with Crippen molar-refractivity contribution in [1.82, 2.24) is 15.1 Å². The van der Waals surface area contributed by atoms with E-state index in [1.807, 2.05) is 25.3 Å². The summed E-state index contributed by atoms with van der Waals surface area (Å²) >= 11 is 0. The summed E-state index contributed by atoms with van der Waals surface area (Å²) in [7, 11) is 0. The van der Waals surface area contributed by atoms with Crippen molar-refractivity contribution < 1.29 is 5.11 Å². The summed E-state index contributed by atoms with van der Waals surface area (Å²) < 4.78 is 0. The Kier molecular flexibility index (Phi) is 4.32. The maximum atomic E-state index is 9.91. The number of aryl methyl sites for hydroxylation is 1. The molecule has 3 N–H and O–H groups in total. The molecule has 0 radical (unpaired) electrons. The number of nitrogens with one attached hydrogen (secondary N) is 2. The highest BCUT2D eigenvalue weighted by Gasteiger charge is 2.20. The van der Waals surface area contributed by atoms with E-state index in [2.05, 4.69) is 44.7 Å². The van der Waals surface area contributed by atoms with E-state index in [9.17, 15) is 5.11 Å². The van der Waals surface area contributed by atoms with Crippen molar-refractivity contribution in [3.63, 3.8) is 0 Å². The van der Waals surface area contributed by atoms with E-state index >= 15 is 0 Å². The monoisotopic (exact) mass is 336 g/mol. The van der Waals surface area contributed by atoms with Crippen LogP contribution in [0.3, 0.4) is 0 Å². The molecule has 130 valence electrons. The Balaban J connectivity index is 1.40. The molecule has 2 aromatic carbocycles. The molecule has 0 saturated carbocycles. The summed E-state index contributed by atoms with van der Waals surface area (Å²) in [5.41, 5.74) is 4.31. The molecule has 0 bridgehead atoms. The van der Waals surface area contributed by atoms with Crippen LogP contribution in [0.1, 0.15) is 24.0 Å². The third kappa shape index (κ3) is 3.61. The topological polar surface area (TPSA) is 64.2 Å². The molecule has 1 aliphatic heterocycles. The number of hydrogen-bond donors (Lipinski definition) is 3. The van der Waals surface area contributed by atoms with Crippen LogP contribution >= 0.6 is 0 Å². The van der Waals surface area contributed by atoms with Crippen molar-refractivity contribution in [2.24, 2.45) is 0 Å². The van der Waals surface area contributed by atoms with E-state index in [1.165, 1.54) is 18.4 Å². The molecule has 0 unspecified atom stereocenters. The van der Waals surface area contributed by atoms with Gasteiger partial charge in [0.15, 0.2) is 0 Å². The van der Waals surface area contributed by atoms with E-state index < -0.39 is 0 Å². The molecule has 0 amide bonds. The van der Waals surface area contributed by atoms with Gasteiger partial charge in [-0.05, 0) is 61.7 Å². The summed E-state index contributed by atoms with van der Waals surface area (Å²) in [6.45, 7) is 4.93. The lowest BCUT2D eigenvalue weighted by Gasteiger charge is -2.33. The largest absolute Gasteiger partial charge is 0.508 e. The molecular formula is C20H24N4O. The Morgan fingerprint density at radius 1 is 1.28 bits per heavy atom. The summed E-state index contributed by atoms with van der Waals surface area (Å²) in [5.74, 6) is 0.387. The molecule has 0 spiro atoms. The third-order valence-electron chi connectivity index (χ3n) is 5.00. The van der Waals surface area contributed by atoms with Crippen LogP contribution in [0.25, 0.3) is 10.9 Å². The zero-order valence-electron chi connectivity index (χ0n) is 14.5. The average Bonchev–Trinajstić information content (AvgIpc) is 3.06. The highest BCUT2D eigenvalue weighted by Crippen LogP contribution is 2.23. The van der Waals surface area contributed by atoms with Crippen LogP contribution in [0.15, 0.2) is 42.6 Å². The van der Waals surface area contributed by atoms with Gasteiger partial charge in [0.25, 0.3) is 0 Å². The molecular weight excluding hydrogens is 312 g/mol. The van der Waals surface area contributed by atoms with Crippen molar-refractivity contribution in [2.45, 2.75) is 32.4 Å². The van der Waals surface area contributed by atoms with Crippen LogP contribution in [0, 0.1) is 6.92 Å². The smallest absolute Gasteiger partial charge is 0.118 e. The highest BCUT2D eigenvalue weighted by atomic mass is 16.3. The van der Waals surface area contributed by atoms with Crippen molar-refractivity contribution in [1.29, 1.82) is 0 Å². The highest BCUT2D eigenvalue weighted by molar-refractivity contribution is 5.81. The average molecular weight is 336 g/mol. The zero-order chi connectivity index (χ0) is 17.2. The molecule has 1 saturated heterocycles. The lowest BCUT2D eigenvalue weighted by atomic mass is 10.0. The molecule has 1 aromatic heterocycles. The molecule has 5 nitrogen and oxygen atoms in total. The van der Waals surface area contributed by atoms with Crippen molar-refractivity contribution in [3.8, 4) is 5.75 Å². The molecule has 5 heteroatoms.